The van der Waals surface area contributed by atoms with Crippen LogP contribution in [0.15, 0.2) is 54.6 Å². The summed E-state index contributed by atoms with van der Waals surface area (Å²) in [5.41, 5.74) is 1.80. The van der Waals surface area contributed by atoms with E-state index in [2.05, 4.69) is 0 Å². The molecule has 2 aromatic rings. The molecule has 156 valence electrons. The van der Waals surface area contributed by atoms with E-state index >= 15 is 0 Å². The summed E-state index contributed by atoms with van der Waals surface area (Å²) in [4.78, 5) is 40.4. The van der Waals surface area contributed by atoms with Crippen molar-refractivity contribution in [3.63, 3.8) is 0 Å². The number of benzene rings is 2. The fraction of sp³-hybridized carbons (Fsp3) is 0.375. The summed E-state index contributed by atoms with van der Waals surface area (Å²) in [6.45, 7) is 1.50. The van der Waals surface area contributed by atoms with E-state index in [0.717, 1.165) is 18.4 Å². The highest BCUT2D eigenvalue weighted by Crippen LogP contribution is 2.31. The van der Waals surface area contributed by atoms with Gasteiger partial charge in [-0.25, -0.2) is 0 Å². The number of amides is 3. The first kappa shape index (κ1) is 20.3. The molecule has 0 bridgehead atoms. The van der Waals surface area contributed by atoms with E-state index in [-0.39, 0.29) is 30.2 Å². The number of piperidine rings is 1. The number of nitrogens with zero attached hydrogens (tertiary/aromatic N) is 2. The normalized spacial score (nSPS) is 17.9. The Morgan fingerprint density at radius 2 is 1.50 bits per heavy atom. The molecule has 0 radical (unpaired) electrons. The van der Waals surface area contributed by atoms with Crippen molar-refractivity contribution in [1.29, 1.82) is 0 Å². The first-order chi connectivity index (χ1) is 14.6. The van der Waals surface area contributed by atoms with E-state index in [4.69, 9.17) is 0 Å². The van der Waals surface area contributed by atoms with Gasteiger partial charge in [0.05, 0.1) is 17.2 Å². The van der Waals surface area contributed by atoms with Crippen molar-refractivity contribution >= 4 is 17.7 Å². The summed E-state index contributed by atoms with van der Waals surface area (Å²) in [6, 6.07) is 16.5. The van der Waals surface area contributed by atoms with E-state index < -0.39 is 6.10 Å². The van der Waals surface area contributed by atoms with E-state index in [1.165, 1.54) is 4.90 Å². The second kappa shape index (κ2) is 8.79. The molecule has 6 heteroatoms. The molecule has 30 heavy (non-hydrogen) atoms. The van der Waals surface area contributed by atoms with Crippen LogP contribution in [0.25, 0.3) is 0 Å². The first-order valence-corrected chi connectivity index (χ1v) is 10.5. The molecule has 4 rings (SSSR count). The number of aliphatic hydroxyl groups excluding tert-OH is 1. The van der Waals surface area contributed by atoms with Gasteiger partial charge >= 0.3 is 0 Å². The Hall–Kier alpha value is -2.99. The lowest BCUT2D eigenvalue weighted by molar-refractivity contribution is -0.133. The summed E-state index contributed by atoms with van der Waals surface area (Å²) >= 11 is 0. The molecular weight excluding hydrogens is 380 g/mol. The van der Waals surface area contributed by atoms with Crippen molar-refractivity contribution in [3.05, 3.63) is 71.3 Å². The number of rotatable bonds is 6. The van der Waals surface area contributed by atoms with Gasteiger partial charge in [0.15, 0.2) is 0 Å². The Bertz CT molecular complexity index is 900. The monoisotopic (exact) mass is 406 g/mol. The number of likely N-dealkylation sites (tertiary alicyclic amines) is 1. The van der Waals surface area contributed by atoms with Gasteiger partial charge in [-0.05, 0) is 42.9 Å². The summed E-state index contributed by atoms with van der Waals surface area (Å²) in [5.74, 6) is -0.369. The average Bonchev–Trinajstić information content (AvgIpc) is 3.04. The van der Waals surface area contributed by atoms with Crippen molar-refractivity contribution in [3.8, 4) is 0 Å². The Labute approximate surface area is 176 Å². The second-order valence-electron chi connectivity index (χ2n) is 7.98. The Balaban J connectivity index is 1.23. The largest absolute Gasteiger partial charge is 0.388 e. The zero-order valence-electron chi connectivity index (χ0n) is 16.9. The molecular formula is C24H26N2O4. The maximum Gasteiger partial charge on any atom is 0.261 e. The third-order valence-electron chi connectivity index (χ3n) is 6.13. The van der Waals surface area contributed by atoms with E-state index in [0.29, 0.717) is 37.1 Å². The third-order valence-corrected chi connectivity index (χ3v) is 6.13. The van der Waals surface area contributed by atoms with Crippen molar-refractivity contribution in [1.82, 2.24) is 9.80 Å². The van der Waals surface area contributed by atoms with Gasteiger partial charge in [0.2, 0.25) is 5.91 Å². The minimum Gasteiger partial charge on any atom is -0.388 e. The van der Waals surface area contributed by atoms with Crippen molar-refractivity contribution in [2.24, 2.45) is 5.92 Å². The van der Waals surface area contributed by atoms with Gasteiger partial charge in [0, 0.05) is 26.1 Å². The van der Waals surface area contributed by atoms with Crippen LogP contribution in [0.2, 0.25) is 0 Å². The quantitative estimate of drug-likeness (QED) is 0.748. The molecule has 1 N–H and O–H groups in total. The number of carbonyl (C=O) groups excluding carboxylic acids is 3. The molecule has 2 heterocycles. The smallest absolute Gasteiger partial charge is 0.261 e. The number of fused-ring (bicyclic) bond motifs is 1. The molecule has 0 saturated carbocycles. The number of aliphatic hydroxyl groups is 1. The molecule has 1 fully saturated rings. The maximum absolute atomic E-state index is 12.6. The van der Waals surface area contributed by atoms with Crippen LogP contribution in [0.3, 0.4) is 0 Å². The fourth-order valence-corrected chi connectivity index (χ4v) is 4.38. The fourth-order valence-electron chi connectivity index (χ4n) is 4.38. The van der Waals surface area contributed by atoms with Gasteiger partial charge in [-0.3, -0.25) is 19.3 Å². The molecule has 1 saturated heterocycles. The lowest BCUT2D eigenvalue weighted by Crippen LogP contribution is -2.40. The number of carbonyl (C=O) groups is 3. The number of imide groups is 1. The van der Waals surface area contributed by atoms with Crippen LogP contribution >= 0.6 is 0 Å². The second-order valence-corrected chi connectivity index (χ2v) is 7.98. The molecule has 2 aromatic carbocycles. The van der Waals surface area contributed by atoms with E-state index in [1.807, 2.05) is 35.2 Å². The van der Waals surface area contributed by atoms with Gasteiger partial charge in [0.1, 0.15) is 0 Å². The van der Waals surface area contributed by atoms with Gasteiger partial charge < -0.3 is 10.0 Å². The van der Waals surface area contributed by atoms with Crippen LogP contribution in [0, 0.1) is 5.92 Å². The lowest BCUT2D eigenvalue weighted by Gasteiger charge is -2.34. The highest BCUT2D eigenvalue weighted by atomic mass is 16.3. The molecule has 1 unspecified atom stereocenters. The zero-order valence-corrected chi connectivity index (χ0v) is 16.9. The first-order valence-electron chi connectivity index (χ1n) is 10.5. The Morgan fingerprint density at radius 1 is 0.933 bits per heavy atom. The highest BCUT2D eigenvalue weighted by Gasteiger charge is 2.35. The van der Waals surface area contributed by atoms with E-state index in [1.54, 1.807) is 24.3 Å². The van der Waals surface area contributed by atoms with E-state index in [9.17, 15) is 19.5 Å². The van der Waals surface area contributed by atoms with Crippen LogP contribution in [0.5, 0.6) is 0 Å². The van der Waals surface area contributed by atoms with Crippen LogP contribution in [0.1, 0.15) is 58.1 Å². The SMILES string of the molecule is O=C(CCCN1C(=O)c2ccccc2C1=O)N1CCC(C(O)c2ccccc2)CC1. The molecule has 3 amide bonds. The number of hydrogen-bond acceptors (Lipinski definition) is 4. The van der Waals surface area contributed by atoms with Crippen molar-refractivity contribution in [2.75, 3.05) is 19.6 Å². The van der Waals surface area contributed by atoms with Gasteiger partial charge in [0.25, 0.3) is 11.8 Å². The molecule has 0 spiro atoms. The van der Waals surface area contributed by atoms with Crippen LogP contribution < -0.4 is 0 Å². The minimum absolute atomic E-state index is 0.0410. The van der Waals surface area contributed by atoms with Gasteiger partial charge in [-0.15, -0.1) is 0 Å². The lowest BCUT2D eigenvalue weighted by atomic mass is 9.87. The van der Waals surface area contributed by atoms with Crippen molar-refractivity contribution in [2.45, 2.75) is 31.8 Å². The van der Waals surface area contributed by atoms with Crippen molar-refractivity contribution < 1.29 is 19.5 Å². The summed E-state index contributed by atoms with van der Waals surface area (Å²) in [7, 11) is 0. The molecule has 2 aliphatic rings. The average molecular weight is 406 g/mol. The molecule has 1 atom stereocenters. The molecule has 6 nitrogen and oxygen atoms in total. The predicted octanol–water partition coefficient (Wildman–Crippen LogP) is 3.04. The molecule has 0 aromatic heterocycles. The van der Waals surface area contributed by atoms with Gasteiger partial charge in [-0.2, -0.15) is 0 Å². The summed E-state index contributed by atoms with van der Waals surface area (Å²) in [6.07, 6.45) is 1.79. The maximum atomic E-state index is 12.6. The standard InChI is InChI=1S/C24H26N2O4/c27-21(11-6-14-26-23(29)19-9-4-5-10-20(19)24(26)30)25-15-12-18(13-16-25)22(28)17-7-2-1-3-8-17/h1-5,7-10,18,22,28H,6,11-16H2. The zero-order chi connectivity index (χ0) is 21.1. The topological polar surface area (TPSA) is 77.9 Å². The highest BCUT2D eigenvalue weighted by molar-refractivity contribution is 6.21. The Morgan fingerprint density at radius 3 is 2.10 bits per heavy atom. The van der Waals surface area contributed by atoms with Crippen LogP contribution in [-0.4, -0.2) is 52.3 Å². The minimum atomic E-state index is -0.503. The van der Waals surface area contributed by atoms with Crippen LogP contribution in [0.4, 0.5) is 0 Å². The Kier molecular flexibility index (Phi) is 5.95. The van der Waals surface area contributed by atoms with Crippen LogP contribution in [-0.2, 0) is 4.79 Å². The summed E-state index contributed by atoms with van der Waals surface area (Å²) < 4.78 is 0. The predicted molar refractivity (Wildman–Crippen MR) is 112 cm³/mol. The third kappa shape index (κ3) is 4.00. The number of hydrogen-bond donors (Lipinski definition) is 1. The molecule has 0 aliphatic carbocycles. The molecule has 2 aliphatic heterocycles. The van der Waals surface area contributed by atoms with Gasteiger partial charge in [-0.1, -0.05) is 42.5 Å². The summed E-state index contributed by atoms with van der Waals surface area (Å²) in [5, 5.41) is 10.6.